The number of thiophene rings is 1. The standard InChI is InChI=1S/C18H24N2O4S2/c1-4-15-10-11-18(25-15)26(22,23)19-12-13-20(14(3)21)16-8-6-7-9-17(16)24-5-2/h6-11,19H,4-5,12-13H2,1-3H3. The van der Waals surface area contributed by atoms with Crippen molar-refractivity contribution in [3.8, 4) is 5.75 Å². The van der Waals surface area contributed by atoms with E-state index in [9.17, 15) is 13.2 Å². The van der Waals surface area contributed by atoms with E-state index < -0.39 is 10.0 Å². The smallest absolute Gasteiger partial charge is 0.250 e. The average Bonchev–Trinajstić information content (AvgIpc) is 3.10. The van der Waals surface area contributed by atoms with E-state index in [1.54, 1.807) is 18.2 Å². The van der Waals surface area contributed by atoms with Gasteiger partial charge in [0, 0.05) is 24.9 Å². The maximum atomic E-state index is 12.4. The third kappa shape index (κ3) is 5.06. The largest absolute Gasteiger partial charge is 0.492 e. The maximum Gasteiger partial charge on any atom is 0.250 e. The van der Waals surface area contributed by atoms with E-state index in [1.807, 2.05) is 32.0 Å². The summed E-state index contributed by atoms with van der Waals surface area (Å²) < 4.78 is 33.2. The molecule has 1 amide bonds. The van der Waals surface area contributed by atoms with Crippen molar-refractivity contribution >= 4 is 33.0 Å². The van der Waals surface area contributed by atoms with Crippen LogP contribution in [-0.2, 0) is 21.2 Å². The number of amides is 1. The second kappa shape index (κ2) is 9.16. The summed E-state index contributed by atoms with van der Waals surface area (Å²) in [5, 5.41) is 0. The molecule has 0 atom stereocenters. The number of nitrogens with zero attached hydrogens (tertiary/aromatic N) is 1. The summed E-state index contributed by atoms with van der Waals surface area (Å²) in [6.07, 6.45) is 0.798. The first-order valence-corrected chi connectivity index (χ1v) is 10.8. The third-order valence-electron chi connectivity index (χ3n) is 3.71. The summed E-state index contributed by atoms with van der Waals surface area (Å²) in [7, 11) is -3.57. The van der Waals surface area contributed by atoms with Crippen molar-refractivity contribution in [3.63, 3.8) is 0 Å². The first-order valence-electron chi connectivity index (χ1n) is 8.47. The Hall–Kier alpha value is -1.90. The van der Waals surface area contributed by atoms with E-state index in [0.29, 0.717) is 22.3 Å². The zero-order chi connectivity index (χ0) is 19.2. The van der Waals surface area contributed by atoms with E-state index >= 15 is 0 Å². The lowest BCUT2D eigenvalue weighted by atomic mass is 10.2. The van der Waals surface area contributed by atoms with Crippen LogP contribution in [0.25, 0.3) is 0 Å². The van der Waals surface area contributed by atoms with E-state index in [0.717, 1.165) is 11.3 Å². The Morgan fingerprint density at radius 1 is 1.19 bits per heavy atom. The Labute approximate surface area is 158 Å². The molecule has 8 heteroatoms. The molecule has 2 rings (SSSR count). The van der Waals surface area contributed by atoms with Crippen LogP contribution in [0.5, 0.6) is 5.75 Å². The Bertz CT molecular complexity index is 846. The van der Waals surface area contributed by atoms with Gasteiger partial charge in [-0.1, -0.05) is 19.1 Å². The molecule has 26 heavy (non-hydrogen) atoms. The van der Waals surface area contributed by atoms with Crippen molar-refractivity contribution in [2.75, 3.05) is 24.6 Å². The van der Waals surface area contributed by atoms with Gasteiger partial charge >= 0.3 is 0 Å². The van der Waals surface area contributed by atoms with E-state index in [-0.39, 0.29) is 19.0 Å². The summed E-state index contributed by atoms with van der Waals surface area (Å²) in [4.78, 5) is 14.6. The van der Waals surface area contributed by atoms with Crippen molar-refractivity contribution in [2.45, 2.75) is 31.4 Å². The van der Waals surface area contributed by atoms with Crippen LogP contribution in [0.1, 0.15) is 25.6 Å². The van der Waals surface area contributed by atoms with Crippen molar-refractivity contribution in [2.24, 2.45) is 0 Å². The molecule has 2 aromatic rings. The van der Waals surface area contributed by atoms with Crippen LogP contribution in [0.2, 0.25) is 0 Å². The van der Waals surface area contributed by atoms with Crippen LogP contribution >= 0.6 is 11.3 Å². The SMILES string of the molecule is CCOc1ccccc1N(CCNS(=O)(=O)c1ccc(CC)s1)C(C)=O. The van der Waals surface area contributed by atoms with Crippen molar-refractivity contribution in [1.82, 2.24) is 4.72 Å². The zero-order valence-electron chi connectivity index (χ0n) is 15.2. The third-order valence-corrected chi connectivity index (χ3v) is 6.90. The highest BCUT2D eigenvalue weighted by molar-refractivity contribution is 7.91. The first-order chi connectivity index (χ1) is 12.4. The quantitative estimate of drug-likeness (QED) is 0.707. The molecule has 0 aliphatic heterocycles. The van der Waals surface area contributed by atoms with E-state index in [4.69, 9.17) is 4.74 Å². The molecule has 142 valence electrons. The molecule has 0 saturated heterocycles. The number of carbonyl (C=O) groups excluding carboxylic acids is 1. The maximum absolute atomic E-state index is 12.4. The number of para-hydroxylation sites is 2. The molecule has 0 bridgehead atoms. The summed E-state index contributed by atoms with van der Waals surface area (Å²) in [5.74, 6) is 0.416. The number of anilines is 1. The number of rotatable bonds is 9. The first kappa shape index (κ1) is 20.4. The Balaban J connectivity index is 2.09. The summed E-state index contributed by atoms with van der Waals surface area (Å²) >= 11 is 1.26. The normalized spacial score (nSPS) is 11.3. The number of hydrogen-bond donors (Lipinski definition) is 1. The number of sulfonamides is 1. The summed E-state index contributed by atoms with van der Waals surface area (Å²) in [5.41, 5.74) is 0.630. The highest BCUT2D eigenvalue weighted by atomic mass is 32.2. The average molecular weight is 397 g/mol. The Morgan fingerprint density at radius 3 is 2.54 bits per heavy atom. The predicted octanol–water partition coefficient (Wildman–Crippen LogP) is 3.04. The number of nitrogens with one attached hydrogen (secondary N) is 1. The topological polar surface area (TPSA) is 75.7 Å². The zero-order valence-corrected chi connectivity index (χ0v) is 16.8. The number of hydrogen-bond acceptors (Lipinski definition) is 5. The predicted molar refractivity (Wildman–Crippen MR) is 105 cm³/mol. The van der Waals surface area contributed by atoms with E-state index in [1.165, 1.54) is 23.2 Å². The molecular formula is C18H24N2O4S2. The molecular weight excluding hydrogens is 372 g/mol. The monoisotopic (exact) mass is 396 g/mol. The minimum absolute atomic E-state index is 0.113. The second-order valence-corrected chi connectivity index (χ2v) is 8.71. The van der Waals surface area contributed by atoms with Crippen LogP contribution in [0, 0.1) is 0 Å². The van der Waals surface area contributed by atoms with Gasteiger partial charge in [-0.25, -0.2) is 13.1 Å². The lowest BCUT2D eigenvalue weighted by molar-refractivity contribution is -0.116. The van der Waals surface area contributed by atoms with Gasteiger partial charge in [0.05, 0.1) is 12.3 Å². The van der Waals surface area contributed by atoms with Crippen molar-refractivity contribution in [3.05, 3.63) is 41.3 Å². The molecule has 0 radical (unpaired) electrons. The fraction of sp³-hybridized carbons (Fsp3) is 0.389. The van der Waals surface area contributed by atoms with Gasteiger partial charge in [-0.05, 0) is 37.6 Å². The molecule has 0 aliphatic carbocycles. The Kier molecular flexibility index (Phi) is 7.19. The van der Waals surface area contributed by atoms with Gasteiger partial charge in [0.2, 0.25) is 15.9 Å². The molecule has 1 N–H and O–H groups in total. The highest BCUT2D eigenvalue weighted by Gasteiger charge is 2.19. The second-order valence-electron chi connectivity index (χ2n) is 5.54. The lowest BCUT2D eigenvalue weighted by Gasteiger charge is -2.23. The lowest BCUT2D eigenvalue weighted by Crippen LogP contribution is -2.37. The van der Waals surface area contributed by atoms with E-state index in [2.05, 4.69) is 4.72 Å². The van der Waals surface area contributed by atoms with Crippen molar-refractivity contribution < 1.29 is 17.9 Å². The minimum Gasteiger partial charge on any atom is -0.492 e. The van der Waals surface area contributed by atoms with Gasteiger partial charge in [-0.3, -0.25) is 4.79 Å². The summed E-state index contributed by atoms with van der Waals surface area (Å²) in [6, 6.07) is 10.6. The van der Waals surface area contributed by atoms with Gasteiger partial charge in [-0.15, -0.1) is 11.3 Å². The molecule has 0 unspecified atom stereocenters. The van der Waals surface area contributed by atoms with Crippen LogP contribution < -0.4 is 14.4 Å². The summed E-state index contributed by atoms with van der Waals surface area (Å²) in [6.45, 7) is 6.11. The van der Waals surface area contributed by atoms with Gasteiger partial charge in [0.15, 0.2) is 0 Å². The van der Waals surface area contributed by atoms with Gasteiger partial charge < -0.3 is 9.64 Å². The van der Waals surface area contributed by atoms with Crippen LogP contribution in [0.3, 0.4) is 0 Å². The molecule has 0 spiro atoms. The van der Waals surface area contributed by atoms with Gasteiger partial charge in [0.1, 0.15) is 9.96 Å². The molecule has 0 fully saturated rings. The Morgan fingerprint density at radius 2 is 1.92 bits per heavy atom. The molecule has 1 aromatic heterocycles. The van der Waals surface area contributed by atoms with Crippen LogP contribution in [-0.4, -0.2) is 34.0 Å². The van der Waals surface area contributed by atoms with Crippen molar-refractivity contribution in [1.29, 1.82) is 0 Å². The molecule has 6 nitrogen and oxygen atoms in total. The number of carbonyl (C=O) groups is 1. The molecule has 0 aliphatic rings. The number of benzene rings is 1. The highest BCUT2D eigenvalue weighted by Crippen LogP contribution is 2.28. The molecule has 0 saturated carbocycles. The molecule has 1 heterocycles. The minimum atomic E-state index is -3.57. The fourth-order valence-corrected chi connectivity index (χ4v) is 4.82. The molecule has 1 aromatic carbocycles. The van der Waals surface area contributed by atoms with Gasteiger partial charge in [0.25, 0.3) is 0 Å². The van der Waals surface area contributed by atoms with Gasteiger partial charge in [-0.2, -0.15) is 0 Å². The number of aryl methyl sites for hydroxylation is 1. The number of ether oxygens (including phenoxy) is 1. The fourth-order valence-electron chi connectivity index (χ4n) is 2.46. The van der Waals surface area contributed by atoms with Crippen LogP contribution in [0.15, 0.2) is 40.6 Å². The van der Waals surface area contributed by atoms with Crippen LogP contribution in [0.4, 0.5) is 5.69 Å².